The Labute approximate surface area is 329 Å². The fourth-order valence-electron chi connectivity index (χ4n) is 9.34. The van der Waals surface area contributed by atoms with Crippen LogP contribution in [-0.2, 0) is 22.7 Å². The number of piperidine rings is 1. The zero-order valence-corrected chi connectivity index (χ0v) is 31.7. The van der Waals surface area contributed by atoms with Crippen molar-refractivity contribution in [2.45, 2.75) is 63.8 Å². The summed E-state index contributed by atoms with van der Waals surface area (Å²) in [6.45, 7) is 6.64. The van der Waals surface area contributed by atoms with Gasteiger partial charge in [-0.2, -0.15) is 5.26 Å². The van der Waals surface area contributed by atoms with E-state index in [2.05, 4.69) is 26.1 Å². The molecule has 14 heteroatoms. The average Bonchev–Trinajstić information content (AvgIpc) is 3.69. The van der Waals surface area contributed by atoms with E-state index in [1.54, 1.807) is 18.2 Å². The number of carbonyl (C=O) groups excluding carboxylic acids is 5. The third-order valence-electron chi connectivity index (χ3n) is 12.5. The number of anilines is 1. The minimum atomic E-state index is -0.976. The van der Waals surface area contributed by atoms with Gasteiger partial charge in [0.2, 0.25) is 11.8 Å². The van der Waals surface area contributed by atoms with Crippen LogP contribution in [0.3, 0.4) is 0 Å². The Morgan fingerprint density at radius 1 is 0.857 bits per heavy atom. The number of halogens is 1. The second-order valence-corrected chi connectivity index (χ2v) is 16.5. The van der Waals surface area contributed by atoms with Crippen molar-refractivity contribution in [1.82, 2.24) is 24.9 Å². The molecule has 1 N–H and O–H groups in total. The van der Waals surface area contributed by atoms with E-state index in [0.29, 0.717) is 65.5 Å². The lowest BCUT2D eigenvalue weighted by Gasteiger charge is -2.54. The lowest BCUT2D eigenvalue weighted by molar-refractivity contribution is -0.136. The molecule has 288 valence electrons. The first-order chi connectivity index (χ1) is 27.1. The van der Waals surface area contributed by atoms with Gasteiger partial charge in [-0.3, -0.25) is 44.0 Å². The van der Waals surface area contributed by atoms with Gasteiger partial charge in [-0.25, -0.2) is 0 Å². The van der Waals surface area contributed by atoms with Crippen molar-refractivity contribution >= 4 is 46.8 Å². The highest BCUT2D eigenvalue weighted by Gasteiger charge is 2.47. The number of hydrogen-bond acceptors (Lipinski definition) is 10. The first kappa shape index (κ1) is 36.4. The number of ether oxygens (including phenoxy) is 1. The number of benzene rings is 3. The Morgan fingerprint density at radius 2 is 1.52 bits per heavy atom. The molecule has 3 aromatic carbocycles. The van der Waals surface area contributed by atoms with Gasteiger partial charge < -0.3 is 14.5 Å². The van der Waals surface area contributed by atoms with Gasteiger partial charge >= 0.3 is 0 Å². The minimum Gasteiger partial charge on any atom is -0.490 e. The van der Waals surface area contributed by atoms with Crippen molar-refractivity contribution in [1.29, 1.82) is 5.26 Å². The summed E-state index contributed by atoms with van der Waals surface area (Å²) < 4.78 is 6.36. The molecule has 1 atom stereocenters. The molecule has 9 rings (SSSR count). The Kier molecular flexibility index (Phi) is 9.31. The minimum absolute atomic E-state index is 0.0117. The van der Waals surface area contributed by atoms with Crippen LogP contribution in [0.4, 0.5) is 5.69 Å². The third-order valence-corrected chi connectivity index (χ3v) is 12.8. The van der Waals surface area contributed by atoms with Crippen LogP contribution < -0.4 is 15.0 Å². The van der Waals surface area contributed by atoms with Crippen LogP contribution in [0.25, 0.3) is 0 Å². The van der Waals surface area contributed by atoms with Crippen molar-refractivity contribution in [2.24, 2.45) is 5.41 Å². The summed E-state index contributed by atoms with van der Waals surface area (Å²) in [7, 11) is 0. The maximum atomic E-state index is 13.4. The standard InChI is InChI=1S/C42H42ClN7O6/c43-35-19-30(4-1-27(35)20-44)49-23-42(24-49)11-9-32(10-12-42)56-31-5-2-26(3-6-31)39(53)48-15-13-46(14-16-48)25-47-21-28-17-33-34(18-29(28)22-47)41(55)50(40(33)54)36-7-8-37(51)45-38(36)52/h1-6,17-19,32,36H,7-16,21-25H2,(H,45,51,52). The summed E-state index contributed by atoms with van der Waals surface area (Å²) in [4.78, 5) is 73.8. The predicted molar refractivity (Wildman–Crippen MR) is 205 cm³/mol. The summed E-state index contributed by atoms with van der Waals surface area (Å²) in [6.07, 6.45) is 4.55. The molecule has 1 saturated carbocycles. The second kappa shape index (κ2) is 14.3. The first-order valence-electron chi connectivity index (χ1n) is 19.4. The van der Waals surface area contributed by atoms with Crippen LogP contribution in [0.2, 0.25) is 5.02 Å². The largest absolute Gasteiger partial charge is 0.490 e. The highest BCUT2D eigenvalue weighted by atomic mass is 35.5. The maximum Gasteiger partial charge on any atom is 0.262 e. The van der Waals surface area contributed by atoms with Crippen molar-refractivity contribution < 1.29 is 28.7 Å². The molecule has 4 fully saturated rings. The second-order valence-electron chi connectivity index (χ2n) is 16.1. The summed E-state index contributed by atoms with van der Waals surface area (Å²) in [6, 6.07) is 17.9. The number of nitriles is 1. The summed E-state index contributed by atoms with van der Waals surface area (Å²) in [5.41, 5.74) is 5.10. The monoisotopic (exact) mass is 775 g/mol. The van der Waals surface area contributed by atoms with Gasteiger partial charge in [-0.15, -0.1) is 0 Å². The number of amides is 5. The molecule has 56 heavy (non-hydrogen) atoms. The molecule has 1 aliphatic carbocycles. The van der Waals surface area contributed by atoms with Crippen LogP contribution in [0, 0.1) is 16.7 Å². The fourth-order valence-corrected chi connectivity index (χ4v) is 9.56. The van der Waals surface area contributed by atoms with Crippen LogP contribution in [0.5, 0.6) is 5.75 Å². The molecular weight excluding hydrogens is 734 g/mol. The van der Waals surface area contributed by atoms with Gasteiger partial charge in [0.1, 0.15) is 17.9 Å². The smallest absolute Gasteiger partial charge is 0.262 e. The van der Waals surface area contributed by atoms with Gasteiger partial charge in [0, 0.05) is 75.4 Å². The highest BCUT2D eigenvalue weighted by molar-refractivity contribution is 6.32. The van der Waals surface area contributed by atoms with Crippen LogP contribution in [-0.4, -0.2) is 107 Å². The number of piperazine rings is 1. The molecule has 3 aromatic rings. The number of nitrogens with zero attached hydrogens (tertiary/aromatic N) is 6. The third kappa shape index (κ3) is 6.69. The molecule has 0 radical (unpaired) electrons. The van der Waals surface area contributed by atoms with Gasteiger partial charge in [0.25, 0.3) is 17.7 Å². The average molecular weight is 776 g/mol. The lowest BCUT2D eigenvalue weighted by atomic mass is 9.67. The highest BCUT2D eigenvalue weighted by Crippen LogP contribution is 2.46. The van der Waals surface area contributed by atoms with E-state index >= 15 is 0 Å². The summed E-state index contributed by atoms with van der Waals surface area (Å²) in [5, 5.41) is 11.9. The number of rotatable bonds is 7. The van der Waals surface area contributed by atoms with Gasteiger partial charge in [-0.05, 0) is 97.8 Å². The lowest BCUT2D eigenvalue weighted by Crippen LogP contribution is -2.58. The van der Waals surface area contributed by atoms with E-state index in [1.165, 1.54) is 0 Å². The topological polar surface area (TPSA) is 147 Å². The van der Waals surface area contributed by atoms with Crippen LogP contribution >= 0.6 is 11.6 Å². The summed E-state index contributed by atoms with van der Waals surface area (Å²) in [5.74, 6) is -1.19. The number of fused-ring (bicyclic) bond motifs is 2. The first-order valence-corrected chi connectivity index (χ1v) is 19.8. The molecule has 5 amide bonds. The van der Waals surface area contributed by atoms with Crippen molar-refractivity contribution in [3.8, 4) is 11.8 Å². The van der Waals surface area contributed by atoms with Crippen molar-refractivity contribution in [2.75, 3.05) is 50.8 Å². The molecule has 5 aliphatic heterocycles. The van der Waals surface area contributed by atoms with E-state index in [0.717, 1.165) is 79.3 Å². The van der Waals surface area contributed by atoms with E-state index < -0.39 is 29.7 Å². The van der Waals surface area contributed by atoms with E-state index in [1.807, 2.05) is 41.3 Å². The maximum absolute atomic E-state index is 13.4. The Bertz CT molecular complexity index is 2130. The molecule has 1 spiro atoms. The van der Waals surface area contributed by atoms with E-state index in [4.69, 9.17) is 21.6 Å². The van der Waals surface area contributed by atoms with Gasteiger partial charge in [-0.1, -0.05) is 11.6 Å². The molecule has 13 nitrogen and oxygen atoms in total. The molecule has 0 bridgehead atoms. The molecule has 6 aliphatic rings. The van der Waals surface area contributed by atoms with Crippen LogP contribution in [0.15, 0.2) is 54.6 Å². The molecule has 3 saturated heterocycles. The Hall–Kier alpha value is -5.29. The zero-order valence-electron chi connectivity index (χ0n) is 31.0. The van der Waals surface area contributed by atoms with Gasteiger partial charge in [0.15, 0.2) is 0 Å². The SMILES string of the molecule is N#Cc1ccc(N2CC3(CCC(Oc4ccc(C(=O)N5CCN(CN6Cc7cc8c(cc7C6)C(=O)N(C6CCC(=O)NC6=O)C8=O)CC5)cc4)CC3)C2)cc1Cl. The summed E-state index contributed by atoms with van der Waals surface area (Å²) >= 11 is 6.26. The molecule has 5 heterocycles. The van der Waals surface area contributed by atoms with Crippen molar-refractivity contribution in [3.05, 3.63) is 93.0 Å². The Morgan fingerprint density at radius 3 is 2.12 bits per heavy atom. The predicted octanol–water partition coefficient (Wildman–Crippen LogP) is 4.17. The molecule has 1 unspecified atom stereocenters. The quantitative estimate of drug-likeness (QED) is 0.347. The van der Waals surface area contributed by atoms with Crippen molar-refractivity contribution in [3.63, 3.8) is 0 Å². The van der Waals surface area contributed by atoms with Gasteiger partial charge in [0.05, 0.1) is 34.5 Å². The number of imide groups is 2. The zero-order chi connectivity index (χ0) is 38.7. The van der Waals surface area contributed by atoms with Crippen LogP contribution in [0.1, 0.15) is 86.3 Å². The van der Waals surface area contributed by atoms with E-state index in [9.17, 15) is 24.0 Å². The molecular formula is C42H42ClN7O6. The normalized spacial score (nSPS) is 22.5. The van der Waals surface area contributed by atoms with E-state index in [-0.39, 0.29) is 24.9 Å². The number of carbonyl (C=O) groups is 5. The Balaban J connectivity index is 0.717. The fraction of sp³-hybridized carbons (Fsp3) is 0.429. The molecule has 0 aromatic heterocycles. The number of nitrogens with one attached hydrogen (secondary N) is 1. The number of hydrogen-bond donors (Lipinski definition) is 1.